The van der Waals surface area contributed by atoms with Gasteiger partial charge < -0.3 is 9.30 Å². The van der Waals surface area contributed by atoms with Crippen LogP contribution in [0.15, 0.2) is 72.9 Å². The summed E-state index contributed by atoms with van der Waals surface area (Å²) in [6.45, 7) is -2.95. The molecule has 0 amide bonds. The van der Waals surface area contributed by atoms with Crippen molar-refractivity contribution >= 4 is 26.5 Å². The zero-order valence-electron chi connectivity index (χ0n) is 19.0. The minimum atomic E-state index is -3.09. The van der Waals surface area contributed by atoms with E-state index in [4.69, 9.17) is 0 Å². The number of aromatic nitrogens is 1. The highest BCUT2D eigenvalue weighted by atomic mass is 32.2. The van der Waals surface area contributed by atoms with E-state index in [0.717, 1.165) is 10.9 Å². The Morgan fingerprint density at radius 3 is 2.53 bits per heavy atom. The Hall–Kier alpha value is -3.59. The quantitative estimate of drug-likeness (QED) is 0.283. The van der Waals surface area contributed by atoms with Crippen LogP contribution in [0, 0.1) is 11.7 Å². The van der Waals surface area contributed by atoms with Crippen molar-refractivity contribution < 1.29 is 31.1 Å². The number of Topliss-reactive ketones (excluding diaryl/α,β-unsaturated/α-hetero) is 1. The van der Waals surface area contributed by atoms with E-state index in [1.165, 1.54) is 24.3 Å². The monoisotopic (exact) mass is 513 g/mol. The molecule has 5 nitrogen and oxygen atoms in total. The molecule has 1 atom stereocenters. The van der Waals surface area contributed by atoms with E-state index < -0.39 is 22.3 Å². The predicted molar refractivity (Wildman–Crippen MR) is 131 cm³/mol. The van der Waals surface area contributed by atoms with Crippen molar-refractivity contribution in [2.45, 2.75) is 19.5 Å². The Morgan fingerprint density at radius 1 is 1.06 bits per heavy atom. The van der Waals surface area contributed by atoms with E-state index in [-0.39, 0.29) is 35.4 Å². The second-order valence-electron chi connectivity index (χ2n) is 8.92. The summed E-state index contributed by atoms with van der Waals surface area (Å²) in [5, 5.41) is 0.758. The van der Waals surface area contributed by atoms with Crippen LogP contribution in [0.4, 0.5) is 13.2 Å². The van der Waals surface area contributed by atoms with Crippen molar-refractivity contribution in [3.8, 4) is 22.6 Å². The number of nitrogens with zero attached hydrogens (tertiary/aromatic N) is 1. The highest BCUT2D eigenvalue weighted by Crippen LogP contribution is 2.35. The number of hydrogen-bond donors (Lipinski definition) is 0. The van der Waals surface area contributed by atoms with Crippen LogP contribution in [0.1, 0.15) is 23.2 Å². The van der Waals surface area contributed by atoms with Crippen molar-refractivity contribution in [1.29, 1.82) is 0 Å². The number of hydrogen-bond acceptors (Lipinski definition) is 4. The molecule has 1 unspecified atom stereocenters. The maximum atomic E-state index is 13.6. The number of sulfone groups is 1. The van der Waals surface area contributed by atoms with Crippen LogP contribution in [0.3, 0.4) is 0 Å². The summed E-state index contributed by atoms with van der Waals surface area (Å²) in [7, 11) is -3.09. The number of rotatable bonds is 7. The number of ketones is 1. The molecule has 1 saturated heterocycles. The van der Waals surface area contributed by atoms with Crippen molar-refractivity contribution in [1.82, 2.24) is 4.57 Å². The molecule has 0 bridgehead atoms. The van der Waals surface area contributed by atoms with Gasteiger partial charge in [-0.25, -0.2) is 12.8 Å². The molecule has 0 saturated carbocycles. The number of alkyl halides is 2. The number of fused-ring (bicyclic) bond motifs is 1. The fourth-order valence-corrected chi connectivity index (χ4v) is 6.56. The summed E-state index contributed by atoms with van der Waals surface area (Å²) < 4.78 is 69.0. The summed E-state index contributed by atoms with van der Waals surface area (Å²) in [5.74, 6) is -0.600. The first-order valence-electron chi connectivity index (χ1n) is 11.4. The SMILES string of the molecule is O=C(CC1CCS(=O)(=O)C1)c1ccc2c(-c3cccc(OC(F)F)c3)cn(-c3ccc(F)cc3)c2c1. The molecule has 3 aromatic carbocycles. The van der Waals surface area contributed by atoms with Gasteiger partial charge in [-0.15, -0.1) is 0 Å². The van der Waals surface area contributed by atoms with E-state index in [1.807, 2.05) is 4.57 Å². The summed E-state index contributed by atoms with van der Waals surface area (Å²) in [6.07, 6.45) is 2.42. The third kappa shape index (κ3) is 5.02. The molecule has 0 spiro atoms. The van der Waals surface area contributed by atoms with Gasteiger partial charge in [0.2, 0.25) is 0 Å². The molecular formula is C27H22F3NO4S. The number of benzene rings is 3. The van der Waals surface area contributed by atoms with Crippen LogP contribution in [0.25, 0.3) is 27.7 Å². The molecule has 9 heteroatoms. The second-order valence-corrected chi connectivity index (χ2v) is 11.2. The highest BCUT2D eigenvalue weighted by Gasteiger charge is 2.29. The van der Waals surface area contributed by atoms with Gasteiger partial charge in [-0.3, -0.25) is 4.79 Å². The molecule has 0 N–H and O–H groups in total. The van der Waals surface area contributed by atoms with Crippen LogP contribution >= 0.6 is 0 Å². The summed E-state index contributed by atoms with van der Waals surface area (Å²) in [5.41, 5.74) is 3.11. The Balaban J connectivity index is 1.58. The predicted octanol–water partition coefficient (Wildman–Crippen LogP) is 6.05. The van der Waals surface area contributed by atoms with Crippen LogP contribution in [-0.4, -0.2) is 36.9 Å². The summed E-state index contributed by atoms with van der Waals surface area (Å²) >= 11 is 0. The lowest BCUT2D eigenvalue weighted by molar-refractivity contribution is -0.0498. The molecule has 0 aliphatic carbocycles. The maximum absolute atomic E-state index is 13.6. The van der Waals surface area contributed by atoms with E-state index in [9.17, 15) is 26.4 Å². The van der Waals surface area contributed by atoms with Crippen LogP contribution in [0.2, 0.25) is 0 Å². The van der Waals surface area contributed by atoms with Gasteiger partial charge in [0.25, 0.3) is 0 Å². The molecule has 4 aromatic rings. The normalized spacial score (nSPS) is 17.1. The topological polar surface area (TPSA) is 65.4 Å². The lowest BCUT2D eigenvalue weighted by Crippen LogP contribution is -2.10. The molecule has 2 heterocycles. The third-order valence-electron chi connectivity index (χ3n) is 6.40. The van der Waals surface area contributed by atoms with Crippen molar-refractivity contribution in [2.75, 3.05) is 11.5 Å². The molecular weight excluding hydrogens is 491 g/mol. The molecule has 1 fully saturated rings. The smallest absolute Gasteiger partial charge is 0.387 e. The minimum absolute atomic E-state index is 0.0171. The van der Waals surface area contributed by atoms with Crippen molar-refractivity contribution in [3.05, 3.63) is 84.3 Å². The van der Waals surface area contributed by atoms with E-state index >= 15 is 0 Å². The van der Waals surface area contributed by atoms with Gasteiger partial charge in [-0.1, -0.05) is 24.3 Å². The van der Waals surface area contributed by atoms with Crippen molar-refractivity contribution in [2.24, 2.45) is 5.92 Å². The van der Waals surface area contributed by atoms with Gasteiger partial charge in [0.1, 0.15) is 11.6 Å². The summed E-state index contributed by atoms with van der Waals surface area (Å²) in [6, 6.07) is 17.4. The summed E-state index contributed by atoms with van der Waals surface area (Å²) in [4.78, 5) is 13.0. The lowest BCUT2D eigenvalue weighted by Gasteiger charge is -2.09. The Kier molecular flexibility index (Phi) is 6.34. The largest absolute Gasteiger partial charge is 0.435 e. The van der Waals surface area contributed by atoms with E-state index in [2.05, 4.69) is 4.74 Å². The second kappa shape index (κ2) is 9.46. The van der Waals surface area contributed by atoms with Gasteiger partial charge in [0.15, 0.2) is 15.6 Å². The van der Waals surface area contributed by atoms with Gasteiger partial charge in [-0.05, 0) is 60.4 Å². The van der Waals surface area contributed by atoms with Gasteiger partial charge in [0, 0.05) is 34.8 Å². The Morgan fingerprint density at radius 2 is 1.83 bits per heavy atom. The van der Waals surface area contributed by atoms with Crippen LogP contribution in [-0.2, 0) is 9.84 Å². The third-order valence-corrected chi connectivity index (χ3v) is 8.24. The molecule has 1 aromatic heterocycles. The standard InChI is InChI=1S/C27H22F3NO4S/c28-20-5-7-21(8-6-20)31-15-24(18-2-1-3-22(13-18)35-27(29)30)23-9-4-19(14-25(23)31)26(32)12-17-10-11-36(33,34)16-17/h1-9,13-15,17,27H,10-12,16H2. The van der Waals surface area contributed by atoms with Crippen molar-refractivity contribution in [3.63, 3.8) is 0 Å². The molecule has 36 heavy (non-hydrogen) atoms. The fraction of sp³-hybridized carbons (Fsp3) is 0.222. The Bertz CT molecular complexity index is 1550. The maximum Gasteiger partial charge on any atom is 0.387 e. The number of ether oxygens (including phenoxy) is 1. The molecule has 5 rings (SSSR count). The molecule has 186 valence electrons. The Labute approximate surface area is 206 Å². The zero-order chi connectivity index (χ0) is 25.4. The first kappa shape index (κ1) is 24.1. The molecule has 1 aliphatic rings. The van der Waals surface area contributed by atoms with Gasteiger partial charge in [-0.2, -0.15) is 8.78 Å². The number of halogens is 3. The van der Waals surface area contributed by atoms with Crippen LogP contribution in [0.5, 0.6) is 5.75 Å². The molecule has 0 radical (unpaired) electrons. The first-order chi connectivity index (χ1) is 17.2. The minimum Gasteiger partial charge on any atom is -0.435 e. The molecule has 1 aliphatic heterocycles. The lowest BCUT2D eigenvalue weighted by atomic mass is 9.96. The number of carbonyl (C=O) groups is 1. The van der Waals surface area contributed by atoms with Crippen LogP contribution < -0.4 is 4.74 Å². The fourth-order valence-electron chi connectivity index (χ4n) is 4.70. The average Bonchev–Trinajstić information content (AvgIpc) is 3.38. The number of carbonyl (C=O) groups excluding carboxylic acids is 1. The zero-order valence-corrected chi connectivity index (χ0v) is 19.9. The average molecular weight is 514 g/mol. The van der Waals surface area contributed by atoms with Gasteiger partial charge in [0.05, 0.1) is 17.0 Å². The highest BCUT2D eigenvalue weighted by molar-refractivity contribution is 7.91. The van der Waals surface area contributed by atoms with E-state index in [0.29, 0.717) is 28.8 Å². The van der Waals surface area contributed by atoms with Gasteiger partial charge >= 0.3 is 6.61 Å². The first-order valence-corrected chi connectivity index (χ1v) is 13.2. The van der Waals surface area contributed by atoms with E-state index in [1.54, 1.807) is 48.7 Å².